The number of aliphatic hydroxyl groups excluding tert-OH is 1. The number of furan rings is 1. The van der Waals surface area contributed by atoms with E-state index in [0.29, 0.717) is 11.3 Å². The Morgan fingerprint density at radius 1 is 0.870 bits per heavy atom. The molecule has 0 aliphatic rings. The number of aromatic nitrogens is 1. The predicted octanol–water partition coefficient (Wildman–Crippen LogP) is 13.7. The van der Waals surface area contributed by atoms with Crippen LogP contribution < -0.4 is 0 Å². The van der Waals surface area contributed by atoms with E-state index in [1.54, 1.807) is 12.1 Å². The van der Waals surface area contributed by atoms with Crippen LogP contribution in [-0.4, -0.2) is 22.1 Å². The molecule has 1 N–H and O–H groups in total. The Morgan fingerprint density at radius 2 is 1.46 bits per heavy atom. The first-order valence-corrected chi connectivity index (χ1v) is 18.8. The molecule has 1 radical (unpaired) electrons. The monoisotopic (exact) mass is 919 g/mol. The summed E-state index contributed by atoms with van der Waals surface area (Å²) in [6, 6.07) is 23.1. The average Bonchev–Trinajstić information content (AvgIpc) is 3.55. The third-order valence-electron chi connectivity index (χ3n) is 10.3. The Bertz CT molecular complexity index is 2040. The van der Waals surface area contributed by atoms with E-state index < -0.39 is 11.6 Å². The summed E-state index contributed by atoms with van der Waals surface area (Å²) in [4.78, 5) is 16.5. The van der Waals surface area contributed by atoms with E-state index in [9.17, 15) is 23.1 Å². The van der Waals surface area contributed by atoms with Gasteiger partial charge in [-0.3, -0.25) is 9.78 Å². The number of aryl methyl sites for hydroxylation is 1. The van der Waals surface area contributed by atoms with Crippen molar-refractivity contribution in [3.8, 4) is 22.6 Å². The Morgan fingerprint density at radius 3 is 2.02 bits per heavy atom. The number of halogens is 3. The van der Waals surface area contributed by atoms with E-state index in [1.807, 2.05) is 71.1 Å². The number of aliphatic hydroxyl groups is 1. The van der Waals surface area contributed by atoms with Gasteiger partial charge in [0.15, 0.2) is 5.78 Å². The minimum absolute atomic E-state index is 0. The fourth-order valence-electron chi connectivity index (χ4n) is 6.66. The number of carbonyl (C=O) groups is 1. The Kier molecular flexibility index (Phi) is 15.1. The summed E-state index contributed by atoms with van der Waals surface area (Å²) < 4.78 is 46.3. The number of fused-ring (bicyclic) bond motifs is 2. The predicted molar refractivity (Wildman–Crippen MR) is 212 cm³/mol. The van der Waals surface area contributed by atoms with E-state index in [4.69, 9.17) is 9.40 Å². The molecule has 5 rings (SSSR count). The zero-order valence-electron chi connectivity index (χ0n) is 33.3. The zero-order chi connectivity index (χ0) is 39.3. The van der Waals surface area contributed by atoms with Gasteiger partial charge in [0.2, 0.25) is 0 Å². The fraction of sp³-hybridized carbons (Fsp3) is 0.435. The van der Waals surface area contributed by atoms with Crippen LogP contribution in [0.2, 0.25) is 0 Å². The number of alkyl halides is 3. The SMILES string of the molecule is CCC(CC)C(=O)/C=C(\O)C(CC)CC.Cc1cnc(-c2[c-]c3ccccc3c(C(C)(C)C)c2)c2cc(-c3ccc(CC(C)(C)C(F)(F)F)cc3)oc12.[Ir]. The minimum Gasteiger partial charge on any atom is -0.512 e. The summed E-state index contributed by atoms with van der Waals surface area (Å²) in [5.74, 6) is 1.20. The van der Waals surface area contributed by atoms with Gasteiger partial charge >= 0.3 is 6.18 Å². The third kappa shape index (κ3) is 10.3. The van der Waals surface area contributed by atoms with Gasteiger partial charge in [-0.2, -0.15) is 13.2 Å². The molecule has 8 heteroatoms. The Hall–Kier alpha value is -3.74. The number of pyridine rings is 1. The summed E-state index contributed by atoms with van der Waals surface area (Å²) in [6.07, 6.45) is 2.37. The zero-order valence-corrected chi connectivity index (χ0v) is 35.7. The number of hydrogen-bond acceptors (Lipinski definition) is 4. The molecule has 0 spiro atoms. The number of rotatable bonds is 11. The third-order valence-corrected chi connectivity index (χ3v) is 10.3. The van der Waals surface area contributed by atoms with Crippen LogP contribution in [-0.2, 0) is 36.7 Å². The van der Waals surface area contributed by atoms with Gasteiger partial charge in [0.1, 0.15) is 11.3 Å². The van der Waals surface area contributed by atoms with Gasteiger partial charge in [0.05, 0.1) is 11.2 Å². The number of benzene rings is 3. The van der Waals surface area contributed by atoms with Crippen LogP contribution in [0.25, 0.3) is 44.3 Å². The van der Waals surface area contributed by atoms with Crippen molar-refractivity contribution in [2.24, 2.45) is 17.3 Å². The van der Waals surface area contributed by atoms with Gasteiger partial charge in [-0.05, 0) is 56.1 Å². The first kappa shape index (κ1) is 44.7. The van der Waals surface area contributed by atoms with Crippen LogP contribution in [0.3, 0.4) is 0 Å². The maximum absolute atomic E-state index is 13.4. The van der Waals surface area contributed by atoms with Crippen LogP contribution in [0.15, 0.2) is 83.1 Å². The molecule has 0 atom stereocenters. The maximum Gasteiger partial charge on any atom is 0.394 e. The molecule has 54 heavy (non-hydrogen) atoms. The van der Waals surface area contributed by atoms with E-state index in [0.717, 1.165) is 64.4 Å². The van der Waals surface area contributed by atoms with Crippen molar-refractivity contribution < 1.29 is 47.6 Å². The molecule has 293 valence electrons. The van der Waals surface area contributed by atoms with Gasteiger partial charge in [-0.25, -0.2) is 0 Å². The largest absolute Gasteiger partial charge is 0.512 e. The number of carbonyl (C=O) groups excluding carboxylic acids is 1. The Labute approximate surface area is 333 Å². The van der Waals surface area contributed by atoms with Gasteiger partial charge < -0.3 is 9.52 Å². The van der Waals surface area contributed by atoms with Gasteiger partial charge in [-0.15, -0.1) is 29.1 Å². The molecule has 0 bridgehead atoms. The fourth-order valence-corrected chi connectivity index (χ4v) is 6.66. The molecule has 2 aromatic heterocycles. The first-order valence-electron chi connectivity index (χ1n) is 18.8. The molecule has 0 amide bonds. The van der Waals surface area contributed by atoms with E-state index in [1.165, 1.54) is 30.9 Å². The molecule has 3 aromatic carbocycles. The van der Waals surface area contributed by atoms with Gasteiger partial charge in [0, 0.05) is 66.4 Å². The van der Waals surface area contributed by atoms with E-state index >= 15 is 0 Å². The molecular formula is C46H55F3IrNO3-. The second-order valence-corrected chi connectivity index (χ2v) is 15.8. The molecular weight excluding hydrogens is 864 g/mol. The van der Waals surface area contributed by atoms with Crippen molar-refractivity contribution in [1.82, 2.24) is 4.98 Å². The minimum atomic E-state index is -4.27. The average molecular weight is 919 g/mol. The number of hydrogen-bond donors (Lipinski definition) is 1. The van der Waals surface area contributed by atoms with Crippen molar-refractivity contribution in [3.05, 3.63) is 101 Å². The second kappa shape index (κ2) is 18.3. The van der Waals surface area contributed by atoms with Crippen LogP contribution in [0.4, 0.5) is 13.2 Å². The number of nitrogens with zero attached hydrogens (tertiary/aromatic N) is 1. The van der Waals surface area contributed by atoms with Crippen molar-refractivity contribution >= 4 is 27.5 Å². The first-order chi connectivity index (χ1) is 24.8. The quantitative estimate of drug-likeness (QED) is 0.0814. The number of allylic oxidation sites excluding steroid dienone is 2. The normalized spacial score (nSPS) is 12.6. The Balaban J connectivity index is 0.000000418. The molecule has 0 aliphatic carbocycles. The molecule has 2 heterocycles. The summed E-state index contributed by atoms with van der Waals surface area (Å²) in [5, 5.41) is 12.9. The maximum atomic E-state index is 13.4. The topological polar surface area (TPSA) is 63.3 Å². The van der Waals surface area contributed by atoms with Crippen LogP contribution in [0.5, 0.6) is 0 Å². The number of ketones is 1. The molecule has 0 fully saturated rings. The van der Waals surface area contributed by atoms with E-state index in [-0.39, 0.29) is 55.3 Å². The van der Waals surface area contributed by atoms with E-state index in [2.05, 4.69) is 45.0 Å². The standard InChI is InChI=1S/C33H31F3NO.C13H24O2.Ir/c1-20-19-37-29(24-15-23-9-7-8-10-25(23)27(16-24)31(2,3)4)26-17-28(38-30(20)26)22-13-11-21(12-14-22)18-32(5,6)33(34,35)36;1-5-10(6-2)12(14)9-13(15)11(7-3)8-4;/h7-14,16-17,19H,18H2,1-6H3;9-11,14H,5-8H2,1-4H3;/q-1;;/b;12-9-;. The van der Waals surface area contributed by atoms with Crippen LogP contribution >= 0.6 is 0 Å². The summed E-state index contributed by atoms with van der Waals surface area (Å²) in [7, 11) is 0. The van der Waals surface area contributed by atoms with Gasteiger partial charge in [-0.1, -0.05) is 116 Å². The van der Waals surface area contributed by atoms with Crippen molar-refractivity contribution in [3.63, 3.8) is 0 Å². The molecule has 0 saturated heterocycles. The van der Waals surface area contributed by atoms with Crippen molar-refractivity contribution in [2.75, 3.05) is 0 Å². The molecule has 4 nitrogen and oxygen atoms in total. The molecule has 0 aliphatic heterocycles. The van der Waals surface area contributed by atoms with Crippen LogP contribution in [0.1, 0.15) is 105 Å². The van der Waals surface area contributed by atoms with Crippen LogP contribution in [0, 0.1) is 30.2 Å². The summed E-state index contributed by atoms with van der Waals surface area (Å²) in [5.41, 5.74) is 4.13. The summed E-state index contributed by atoms with van der Waals surface area (Å²) >= 11 is 0. The second-order valence-electron chi connectivity index (χ2n) is 15.8. The summed E-state index contributed by atoms with van der Waals surface area (Å²) in [6.45, 7) is 19.1. The smallest absolute Gasteiger partial charge is 0.394 e. The van der Waals surface area contributed by atoms with Gasteiger partial charge in [0.25, 0.3) is 0 Å². The molecule has 0 saturated carbocycles. The van der Waals surface area contributed by atoms with Crippen molar-refractivity contribution in [1.29, 1.82) is 0 Å². The van der Waals surface area contributed by atoms with Crippen molar-refractivity contribution in [2.45, 2.75) is 113 Å². The molecule has 5 aromatic rings. The molecule has 0 unspecified atom stereocenters.